The van der Waals surface area contributed by atoms with Crippen LogP contribution in [-0.4, -0.2) is 50.4 Å². The van der Waals surface area contributed by atoms with Crippen molar-refractivity contribution in [2.45, 2.75) is 29.7 Å². The lowest BCUT2D eigenvalue weighted by atomic mass is 10.1. The van der Waals surface area contributed by atoms with Gasteiger partial charge in [0, 0.05) is 42.7 Å². The molecule has 0 N–H and O–H groups in total. The molecule has 7 nitrogen and oxygen atoms in total. The molecule has 1 saturated carbocycles. The number of aromatic nitrogens is 1. The standard InChI is InChI=1S/C24H24ClN3O4S/c1-16-4-2-3-5-20(16)21-26-22(33(30,31)19-10-8-18(25)9-11-19)24(32-21)28-14-12-27(13-15-28)23(29)17-6-7-17/h2-5,8-11,17H,6-7,12-15H2,1H3. The van der Waals surface area contributed by atoms with Gasteiger partial charge in [-0.3, -0.25) is 4.79 Å². The first kappa shape index (κ1) is 22.0. The molecule has 172 valence electrons. The average molecular weight is 486 g/mol. The number of oxazole rings is 1. The van der Waals surface area contributed by atoms with Crippen molar-refractivity contribution in [2.75, 3.05) is 31.1 Å². The highest BCUT2D eigenvalue weighted by Crippen LogP contribution is 2.37. The van der Waals surface area contributed by atoms with Gasteiger partial charge < -0.3 is 14.2 Å². The van der Waals surface area contributed by atoms with Gasteiger partial charge in [0.15, 0.2) is 0 Å². The minimum atomic E-state index is -3.95. The van der Waals surface area contributed by atoms with Gasteiger partial charge in [0.25, 0.3) is 0 Å². The second-order valence-electron chi connectivity index (χ2n) is 8.49. The van der Waals surface area contributed by atoms with Gasteiger partial charge in [-0.15, -0.1) is 0 Å². The van der Waals surface area contributed by atoms with Crippen LogP contribution in [0.5, 0.6) is 0 Å². The number of aryl methyl sites for hydroxylation is 1. The van der Waals surface area contributed by atoms with Gasteiger partial charge in [0.05, 0.1) is 4.90 Å². The quantitative estimate of drug-likeness (QED) is 0.538. The molecule has 0 radical (unpaired) electrons. The first-order valence-corrected chi connectivity index (χ1v) is 12.8. The Morgan fingerprint density at radius 3 is 2.33 bits per heavy atom. The fraction of sp³-hybridized carbons (Fsp3) is 0.333. The van der Waals surface area contributed by atoms with Crippen LogP contribution in [0.15, 0.2) is 62.9 Å². The van der Waals surface area contributed by atoms with Crippen molar-refractivity contribution in [3.05, 3.63) is 59.1 Å². The number of carbonyl (C=O) groups is 1. The number of carbonyl (C=O) groups excluding carboxylic acids is 1. The van der Waals surface area contributed by atoms with Crippen LogP contribution in [0.1, 0.15) is 18.4 Å². The van der Waals surface area contributed by atoms with Crippen LogP contribution in [0, 0.1) is 12.8 Å². The Morgan fingerprint density at radius 1 is 1.03 bits per heavy atom. The summed E-state index contributed by atoms with van der Waals surface area (Å²) in [6, 6.07) is 13.6. The molecule has 3 aromatic rings. The molecule has 1 amide bonds. The fourth-order valence-electron chi connectivity index (χ4n) is 4.04. The number of anilines is 1. The summed E-state index contributed by atoms with van der Waals surface area (Å²) in [4.78, 5) is 20.7. The van der Waals surface area contributed by atoms with Gasteiger partial charge in [0.2, 0.25) is 32.5 Å². The number of piperazine rings is 1. The predicted octanol–water partition coefficient (Wildman–Crippen LogP) is 4.19. The van der Waals surface area contributed by atoms with Gasteiger partial charge in [-0.2, -0.15) is 4.98 Å². The SMILES string of the molecule is Cc1ccccc1-c1nc(S(=O)(=O)c2ccc(Cl)cc2)c(N2CCN(C(=O)C3CC3)CC2)o1. The maximum absolute atomic E-state index is 13.6. The number of amides is 1. The van der Waals surface area contributed by atoms with E-state index in [-0.39, 0.29) is 33.5 Å². The van der Waals surface area contributed by atoms with E-state index in [0.29, 0.717) is 31.2 Å². The summed E-state index contributed by atoms with van der Waals surface area (Å²) in [6.07, 6.45) is 1.93. The molecule has 2 heterocycles. The van der Waals surface area contributed by atoms with E-state index in [0.717, 1.165) is 24.0 Å². The number of benzene rings is 2. The van der Waals surface area contributed by atoms with Crippen molar-refractivity contribution >= 4 is 33.2 Å². The van der Waals surface area contributed by atoms with Crippen LogP contribution >= 0.6 is 11.6 Å². The zero-order valence-electron chi connectivity index (χ0n) is 18.2. The van der Waals surface area contributed by atoms with E-state index >= 15 is 0 Å². The first-order chi connectivity index (χ1) is 15.8. The third-order valence-electron chi connectivity index (χ3n) is 6.14. The molecule has 2 aromatic carbocycles. The third kappa shape index (κ3) is 4.25. The lowest BCUT2D eigenvalue weighted by Crippen LogP contribution is -2.49. The average Bonchev–Trinajstić information content (AvgIpc) is 3.57. The Bertz CT molecular complexity index is 1290. The van der Waals surface area contributed by atoms with Crippen molar-refractivity contribution in [2.24, 2.45) is 5.92 Å². The Hall–Kier alpha value is -2.84. The Morgan fingerprint density at radius 2 is 1.70 bits per heavy atom. The highest BCUT2D eigenvalue weighted by molar-refractivity contribution is 7.91. The topological polar surface area (TPSA) is 83.7 Å². The zero-order chi connectivity index (χ0) is 23.2. The predicted molar refractivity (Wildman–Crippen MR) is 125 cm³/mol. The second kappa shape index (κ2) is 8.50. The van der Waals surface area contributed by atoms with Crippen LogP contribution in [0.2, 0.25) is 5.02 Å². The van der Waals surface area contributed by atoms with Gasteiger partial charge in [-0.1, -0.05) is 29.8 Å². The Balaban J connectivity index is 1.53. The molecule has 1 aliphatic carbocycles. The number of hydrogen-bond donors (Lipinski definition) is 0. The molecule has 0 bridgehead atoms. The molecule has 33 heavy (non-hydrogen) atoms. The van der Waals surface area contributed by atoms with Gasteiger partial charge >= 0.3 is 0 Å². The highest BCUT2D eigenvalue weighted by Gasteiger charge is 2.37. The smallest absolute Gasteiger partial charge is 0.236 e. The van der Waals surface area contributed by atoms with Crippen LogP contribution in [0.4, 0.5) is 5.88 Å². The minimum absolute atomic E-state index is 0.0975. The van der Waals surface area contributed by atoms with Gasteiger partial charge in [0.1, 0.15) is 0 Å². The summed E-state index contributed by atoms with van der Waals surface area (Å²) < 4.78 is 33.2. The lowest BCUT2D eigenvalue weighted by Gasteiger charge is -2.34. The van der Waals surface area contributed by atoms with E-state index in [1.165, 1.54) is 12.1 Å². The number of nitrogens with zero attached hydrogens (tertiary/aromatic N) is 3. The fourth-order valence-corrected chi connectivity index (χ4v) is 5.49. The maximum atomic E-state index is 13.6. The normalized spacial score (nSPS) is 16.8. The summed E-state index contributed by atoms with van der Waals surface area (Å²) in [5.74, 6) is 0.825. The van der Waals surface area contributed by atoms with Crippen LogP contribution in [0.3, 0.4) is 0 Å². The molecule has 9 heteroatoms. The number of rotatable bonds is 5. The van der Waals surface area contributed by atoms with Crippen LogP contribution < -0.4 is 4.90 Å². The summed E-state index contributed by atoms with van der Waals surface area (Å²) in [6.45, 7) is 3.93. The zero-order valence-corrected chi connectivity index (χ0v) is 19.8. The first-order valence-electron chi connectivity index (χ1n) is 11.0. The Labute approximate surface area is 197 Å². The molecule has 5 rings (SSSR count). The van der Waals surface area contributed by atoms with Crippen molar-refractivity contribution in [3.63, 3.8) is 0 Å². The molecule has 2 aliphatic rings. The van der Waals surface area contributed by atoms with Crippen molar-refractivity contribution < 1.29 is 17.6 Å². The van der Waals surface area contributed by atoms with Crippen molar-refractivity contribution in [1.82, 2.24) is 9.88 Å². The molecule has 1 aliphatic heterocycles. The maximum Gasteiger partial charge on any atom is 0.236 e. The number of hydrogen-bond acceptors (Lipinski definition) is 6. The van der Waals surface area contributed by atoms with Crippen LogP contribution in [0.25, 0.3) is 11.5 Å². The number of sulfone groups is 1. The molecule has 1 saturated heterocycles. The highest BCUT2D eigenvalue weighted by atomic mass is 35.5. The van der Waals surface area contributed by atoms with E-state index in [2.05, 4.69) is 4.98 Å². The van der Waals surface area contributed by atoms with E-state index in [1.807, 2.05) is 41.0 Å². The monoisotopic (exact) mass is 485 g/mol. The van der Waals surface area contributed by atoms with Gasteiger partial charge in [-0.25, -0.2) is 8.42 Å². The molecular weight excluding hydrogens is 462 g/mol. The summed E-state index contributed by atoms with van der Waals surface area (Å²) >= 11 is 5.96. The molecule has 0 atom stereocenters. The summed E-state index contributed by atoms with van der Waals surface area (Å²) in [7, 11) is -3.95. The van der Waals surface area contributed by atoms with Crippen molar-refractivity contribution in [1.29, 1.82) is 0 Å². The van der Waals surface area contributed by atoms with E-state index < -0.39 is 9.84 Å². The molecule has 2 fully saturated rings. The van der Waals surface area contributed by atoms with E-state index in [9.17, 15) is 13.2 Å². The molecular formula is C24H24ClN3O4S. The number of halogens is 1. The summed E-state index contributed by atoms with van der Waals surface area (Å²) in [5, 5.41) is 0.330. The largest absolute Gasteiger partial charge is 0.419 e. The van der Waals surface area contributed by atoms with Gasteiger partial charge in [-0.05, 0) is 55.7 Å². The molecule has 0 spiro atoms. The molecule has 1 aromatic heterocycles. The second-order valence-corrected chi connectivity index (χ2v) is 10.8. The minimum Gasteiger partial charge on any atom is -0.419 e. The van der Waals surface area contributed by atoms with E-state index in [1.54, 1.807) is 12.1 Å². The lowest BCUT2D eigenvalue weighted by molar-refractivity contribution is -0.132. The summed E-state index contributed by atoms with van der Waals surface area (Å²) in [5.41, 5.74) is 1.67. The third-order valence-corrected chi connectivity index (χ3v) is 8.06. The van der Waals surface area contributed by atoms with Crippen LogP contribution in [-0.2, 0) is 14.6 Å². The van der Waals surface area contributed by atoms with E-state index in [4.69, 9.17) is 16.0 Å². The molecule has 0 unspecified atom stereocenters. The van der Waals surface area contributed by atoms with Crippen molar-refractivity contribution in [3.8, 4) is 11.5 Å². The Kier molecular flexibility index (Phi) is 5.66.